The summed E-state index contributed by atoms with van der Waals surface area (Å²) in [5.74, 6) is 0.723. The van der Waals surface area contributed by atoms with Crippen molar-refractivity contribution in [3.63, 3.8) is 0 Å². The Labute approximate surface area is 185 Å². The molecule has 31 heavy (non-hydrogen) atoms. The van der Waals surface area contributed by atoms with Crippen LogP contribution in [0, 0.1) is 0 Å². The minimum absolute atomic E-state index is 0.0373. The van der Waals surface area contributed by atoms with E-state index in [1.807, 2.05) is 56.8 Å². The number of nitrogens with one attached hydrogen (secondary N) is 2. The summed E-state index contributed by atoms with van der Waals surface area (Å²) < 4.78 is 7.34. The maximum atomic E-state index is 12.2. The van der Waals surface area contributed by atoms with Gasteiger partial charge in [-0.3, -0.25) is 9.67 Å². The van der Waals surface area contributed by atoms with Gasteiger partial charge in [0.1, 0.15) is 5.60 Å². The lowest BCUT2D eigenvalue weighted by Gasteiger charge is -2.29. The predicted molar refractivity (Wildman–Crippen MR) is 124 cm³/mol. The molecule has 0 saturated carbocycles. The average Bonchev–Trinajstić information content (AvgIpc) is 3.22. The van der Waals surface area contributed by atoms with Crippen molar-refractivity contribution in [1.29, 1.82) is 0 Å². The van der Waals surface area contributed by atoms with E-state index in [0.717, 1.165) is 18.9 Å². The Morgan fingerprint density at radius 1 is 1.23 bits per heavy atom. The van der Waals surface area contributed by atoms with E-state index in [1.54, 1.807) is 25.2 Å². The summed E-state index contributed by atoms with van der Waals surface area (Å²) >= 11 is 0. The van der Waals surface area contributed by atoms with Crippen LogP contribution in [-0.2, 0) is 17.8 Å². The molecule has 0 aliphatic heterocycles. The van der Waals surface area contributed by atoms with Gasteiger partial charge in [0, 0.05) is 45.6 Å². The van der Waals surface area contributed by atoms with Crippen LogP contribution in [0.15, 0.2) is 47.7 Å². The zero-order valence-corrected chi connectivity index (χ0v) is 19.6. The molecule has 0 saturated heterocycles. The summed E-state index contributed by atoms with van der Waals surface area (Å²) in [7, 11) is 3.52. The smallest absolute Gasteiger partial charge is 0.410 e. The van der Waals surface area contributed by atoms with Crippen molar-refractivity contribution in [2.24, 2.45) is 4.99 Å². The number of amides is 1. The Hall–Kier alpha value is -3.03. The minimum atomic E-state index is -0.497. The molecule has 1 aromatic heterocycles. The highest BCUT2D eigenvalue weighted by Gasteiger charge is 2.22. The van der Waals surface area contributed by atoms with Crippen molar-refractivity contribution >= 4 is 12.1 Å². The van der Waals surface area contributed by atoms with Gasteiger partial charge in [-0.15, -0.1) is 0 Å². The summed E-state index contributed by atoms with van der Waals surface area (Å²) in [5.41, 5.74) is 1.91. The lowest BCUT2D eigenvalue weighted by Crippen LogP contribution is -2.42. The number of ether oxygens (including phenoxy) is 1. The molecular weight excluding hydrogens is 392 g/mol. The third-order valence-corrected chi connectivity index (χ3v) is 4.88. The number of hydrogen-bond donors (Lipinski definition) is 2. The van der Waals surface area contributed by atoms with Gasteiger partial charge >= 0.3 is 6.09 Å². The summed E-state index contributed by atoms with van der Waals surface area (Å²) in [6.07, 6.45) is 4.21. The summed E-state index contributed by atoms with van der Waals surface area (Å²) in [6.45, 7) is 9.68. The first-order valence-corrected chi connectivity index (χ1v) is 10.6. The topological polar surface area (TPSA) is 83.8 Å². The molecule has 0 radical (unpaired) electrons. The highest BCUT2D eigenvalue weighted by atomic mass is 16.6. The third-order valence-electron chi connectivity index (χ3n) is 4.88. The number of rotatable bonds is 8. The molecule has 0 fully saturated rings. The van der Waals surface area contributed by atoms with Crippen LogP contribution < -0.4 is 10.6 Å². The Balaban J connectivity index is 1.81. The van der Waals surface area contributed by atoms with E-state index in [-0.39, 0.29) is 12.1 Å². The fraction of sp³-hybridized carbons (Fsp3) is 0.522. The maximum absolute atomic E-state index is 12.2. The normalized spacial score (nSPS) is 12.9. The molecule has 1 amide bonds. The second-order valence-corrected chi connectivity index (χ2v) is 8.55. The quantitative estimate of drug-likeness (QED) is 0.498. The van der Waals surface area contributed by atoms with Gasteiger partial charge in [-0.25, -0.2) is 4.79 Å². The van der Waals surface area contributed by atoms with Crippen LogP contribution in [0.5, 0.6) is 0 Å². The molecule has 8 nitrogen and oxygen atoms in total. The molecule has 1 aromatic carbocycles. The molecule has 1 unspecified atom stereocenters. The van der Waals surface area contributed by atoms with Crippen LogP contribution in [0.4, 0.5) is 4.79 Å². The number of aliphatic imine (C=N–C) groups is 1. The number of carbonyl (C=O) groups excluding carboxylic acids is 1. The van der Waals surface area contributed by atoms with Gasteiger partial charge in [0.05, 0.1) is 6.54 Å². The lowest BCUT2D eigenvalue weighted by atomic mass is 10.1. The Kier molecular flexibility index (Phi) is 8.90. The molecule has 1 heterocycles. The van der Waals surface area contributed by atoms with Gasteiger partial charge in [-0.1, -0.05) is 24.3 Å². The van der Waals surface area contributed by atoms with Gasteiger partial charge < -0.3 is 20.3 Å². The highest BCUT2D eigenvalue weighted by Crippen LogP contribution is 2.12. The van der Waals surface area contributed by atoms with Crippen molar-refractivity contribution in [3.8, 4) is 0 Å². The van der Waals surface area contributed by atoms with Crippen LogP contribution in [0.25, 0.3) is 0 Å². The van der Waals surface area contributed by atoms with Crippen LogP contribution in [-0.4, -0.2) is 59.0 Å². The molecule has 170 valence electrons. The van der Waals surface area contributed by atoms with E-state index in [4.69, 9.17) is 4.74 Å². The van der Waals surface area contributed by atoms with Gasteiger partial charge in [0.25, 0.3) is 0 Å². The summed E-state index contributed by atoms with van der Waals surface area (Å²) in [4.78, 5) is 18.1. The third kappa shape index (κ3) is 8.32. The van der Waals surface area contributed by atoms with Crippen molar-refractivity contribution in [2.75, 3.05) is 20.6 Å². The molecule has 0 spiro atoms. The molecule has 1 atom stereocenters. The molecule has 0 bridgehead atoms. The molecule has 0 aliphatic rings. The fourth-order valence-corrected chi connectivity index (χ4v) is 2.96. The SMILES string of the molecule is CN=C(NCCC(C)N(C)C(=O)OC(C)(C)C)NCc1ccccc1Cn1cccn1. The van der Waals surface area contributed by atoms with Crippen molar-refractivity contribution < 1.29 is 9.53 Å². The van der Waals surface area contributed by atoms with Crippen molar-refractivity contribution in [1.82, 2.24) is 25.3 Å². The van der Waals surface area contributed by atoms with Gasteiger partial charge in [-0.05, 0) is 51.3 Å². The lowest BCUT2D eigenvalue weighted by molar-refractivity contribution is 0.0230. The average molecular weight is 429 g/mol. The van der Waals surface area contributed by atoms with Crippen molar-refractivity contribution in [2.45, 2.75) is 58.8 Å². The molecule has 2 rings (SSSR count). The monoisotopic (exact) mass is 428 g/mol. The Morgan fingerprint density at radius 2 is 1.94 bits per heavy atom. The Bertz CT molecular complexity index is 842. The highest BCUT2D eigenvalue weighted by molar-refractivity contribution is 5.79. The van der Waals surface area contributed by atoms with Crippen LogP contribution in [0.1, 0.15) is 45.2 Å². The van der Waals surface area contributed by atoms with Gasteiger partial charge in [0.15, 0.2) is 5.96 Å². The molecule has 0 aliphatic carbocycles. The molecular formula is C23H36N6O2. The second-order valence-electron chi connectivity index (χ2n) is 8.55. The van der Waals surface area contributed by atoms with Crippen LogP contribution in [0.3, 0.4) is 0 Å². The first-order valence-electron chi connectivity index (χ1n) is 10.6. The number of hydrogen-bond acceptors (Lipinski definition) is 4. The first-order chi connectivity index (χ1) is 14.7. The van der Waals surface area contributed by atoms with Gasteiger partial charge in [-0.2, -0.15) is 5.10 Å². The van der Waals surface area contributed by atoms with Crippen LogP contribution in [0.2, 0.25) is 0 Å². The van der Waals surface area contributed by atoms with Crippen LogP contribution >= 0.6 is 0 Å². The zero-order chi connectivity index (χ0) is 22.9. The van der Waals surface area contributed by atoms with E-state index in [1.165, 1.54) is 11.1 Å². The van der Waals surface area contributed by atoms with E-state index in [0.29, 0.717) is 13.1 Å². The molecule has 2 N–H and O–H groups in total. The Morgan fingerprint density at radius 3 is 2.55 bits per heavy atom. The second kappa shape index (κ2) is 11.4. The standard InChI is InChI=1S/C23H36N6O2/c1-18(28(6)22(30)31-23(2,3)4)12-14-25-21(24-5)26-16-19-10-7-8-11-20(19)17-29-15-9-13-27-29/h7-11,13,15,18H,12,14,16-17H2,1-6H3,(H2,24,25,26). The number of guanidine groups is 1. The van der Waals surface area contributed by atoms with Crippen molar-refractivity contribution in [3.05, 3.63) is 53.9 Å². The number of nitrogens with zero attached hydrogens (tertiary/aromatic N) is 4. The van der Waals surface area contributed by atoms with Gasteiger partial charge in [0.2, 0.25) is 0 Å². The van der Waals surface area contributed by atoms with E-state index in [2.05, 4.69) is 32.9 Å². The number of carbonyl (C=O) groups is 1. The molecule has 2 aromatic rings. The van der Waals surface area contributed by atoms with E-state index in [9.17, 15) is 4.79 Å². The minimum Gasteiger partial charge on any atom is -0.444 e. The number of aromatic nitrogens is 2. The number of benzene rings is 1. The maximum Gasteiger partial charge on any atom is 0.410 e. The predicted octanol–water partition coefficient (Wildman–Crippen LogP) is 3.24. The summed E-state index contributed by atoms with van der Waals surface area (Å²) in [5, 5.41) is 11.0. The van der Waals surface area contributed by atoms with E-state index < -0.39 is 5.60 Å². The largest absolute Gasteiger partial charge is 0.444 e. The molecule has 8 heteroatoms. The summed E-state index contributed by atoms with van der Waals surface area (Å²) in [6, 6.07) is 10.3. The first kappa shape index (κ1) is 24.2. The fourth-order valence-electron chi connectivity index (χ4n) is 2.96. The van der Waals surface area contributed by atoms with E-state index >= 15 is 0 Å². The zero-order valence-electron chi connectivity index (χ0n) is 19.6.